The van der Waals surface area contributed by atoms with Crippen LogP contribution in [0, 0.1) is 5.41 Å². The summed E-state index contributed by atoms with van der Waals surface area (Å²) in [7, 11) is 0. The van der Waals surface area contributed by atoms with Crippen LogP contribution in [0.3, 0.4) is 0 Å². The highest BCUT2D eigenvalue weighted by molar-refractivity contribution is 8.09. The van der Waals surface area contributed by atoms with E-state index in [1.807, 2.05) is 9.92 Å². The van der Waals surface area contributed by atoms with E-state index in [1.165, 1.54) is 0 Å². The van der Waals surface area contributed by atoms with Gasteiger partial charge in [0.2, 0.25) is 0 Å². The van der Waals surface area contributed by atoms with Gasteiger partial charge in [0.1, 0.15) is 0 Å². The van der Waals surface area contributed by atoms with Crippen molar-refractivity contribution < 1.29 is 4.79 Å². The molecule has 2 nitrogen and oxygen atoms in total. The third kappa shape index (κ3) is 4.78. The molecule has 0 fully saturated rings. The summed E-state index contributed by atoms with van der Waals surface area (Å²) in [6, 6.07) is 0. The van der Waals surface area contributed by atoms with Gasteiger partial charge < -0.3 is 0 Å². The first-order chi connectivity index (χ1) is 5.55. The summed E-state index contributed by atoms with van der Waals surface area (Å²) in [5.74, 6) is 0. The van der Waals surface area contributed by atoms with Gasteiger partial charge in [-0.3, -0.25) is 4.79 Å². The topological polar surface area (TPSA) is 20.3 Å². The molecule has 0 aliphatic rings. The Morgan fingerprint density at radius 1 is 1.42 bits per heavy atom. The van der Waals surface area contributed by atoms with Crippen LogP contribution in [0.25, 0.3) is 0 Å². The highest BCUT2D eigenvalue weighted by Crippen LogP contribution is 2.23. The second-order valence-corrected chi connectivity index (χ2v) is 4.51. The standard InChI is InChI=1S/C9H18NOS/c1-5-9(3,4)7-10(6-2)12-8-11/h5-7H2,1-4H3. The SMILES string of the molecule is CCN(CC(C)(C)CC)S[C]=O. The van der Waals surface area contributed by atoms with Crippen LogP contribution in [0.1, 0.15) is 34.1 Å². The van der Waals surface area contributed by atoms with Gasteiger partial charge in [0.15, 0.2) is 0 Å². The molecular weight excluding hydrogens is 170 g/mol. The highest BCUT2D eigenvalue weighted by atomic mass is 32.2. The van der Waals surface area contributed by atoms with Gasteiger partial charge in [0.05, 0.1) is 0 Å². The van der Waals surface area contributed by atoms with Crippen LogP contribution in [0.4, 0.5) is 0 Å². The van der Waals surface area contributed by atoms with Crippen LogP contribution in [-0.4, -0.2) is 23.0 Å². The maximum Gasteiger partial charge on any atom is 0.282 e. The molecule has 0 saturated heterocycles. The fraction of sp³-hybridized carbons (Fsp3) is 0.889. The molecule has 0 rings (SSSR count). The summed E-state index contributed by atoms with van der Waals surface area (Å²) in [6.45, 7) is 10.5. The minimum absolute atomic E-state index is 0.292. The van der Waals surface area contributed by atoms with Gasteiger partial charge in [-0.15, -0.1) is 0 Å². The van der Waals surface area contributed by atoms with E-state index in [2.05, 4.69) is 27.7 Å². The Balaban J connectivity index is 3.91. The Morgan fingerprint density at radius 2 is 2.00 bits per heavy atom. The first-order valence-corrected chi connectivity index (χ1v) is 5.12. The zero-order chi connectivity index (χ0) is 9.61. The maximum absolute atomic E-state index is 10.1. The second-order valence-electron chi connectivity index (χ2n) is 3.65. The molecule has 0 saturated carbocycles. The van der Waals surface area contributed by atoms with E-state index in [-0.39, 0.29) is 0 Å². The van der Waals surface area contributed by atoms with Crippen molar-refractivity contribution in [3.63, 3.8) is 0 Å². The molecule has 71 valence electrons. The van der Waals surface area contributed by atoms with Crippen LogP contribution in [0.2, 0.25) is 0 Å². The summed E-state index contributed by atoms with van der Waals surface area (Å²) < 4.78 is 2.04. The van der Waals surface area contributed by atoms with Crippen molar-refractivity contribution in [2.24, 2.45) is 5.41 Å². The Kier molecular flexibility index (Phi) is 5.59. The fourth-order valence-electron chi connectivity index (χ4n) is 0.851. The van der Waals surface area contributed by atoms with Crippen molar-refractivity contribution in [2.45, 2.75) is 34.1 Å². The van der Waals surface area contributed by atoms with Crippen molar-refractivity contribution in [1.29, 1.82) is 0 Å². The van der Waals surface area contributed by atoms with Gasteiger partial charge >= 0.3 is 0 Å². The largest absolute Gasteiger partial charge is 0.282 e. The van der Waals surface area contributed by atoms with E-state index in [0.29, 0.717) is 5.41 Å². The molecular formula is C9H18NOS. The predicted molar refractivity (Wildman–Crippen MR) is 54.6 cm³/mol. The monoisotopic (exact) mass is 188 g/mol. The molecule has 12 heavy (non-hydrogen) atoms. The molecule has 0 aliphatic carbocycles. The van der Waals surface area contributed by atoms with Gasteiger partial charge in [-0.2, -0.15) is 0 Å². The van der Waals surface area contributed by atoms with Gasteiger partial charge in [0, 0.05) is 25.0 Å². The number of nitrogens with zero attached hydrogens (tertiary/aromatic N) is 1. The molecule has 3 heteroatoms. The summed E-state index contributed by atoms with van der Waals surface area (Å²) in [6.07, 6.45) is 1.13. The molecule has 1 radical (unpaired) electrons. The van der Waals surface area contributed by atoms with E-state index >= 15 is 0 Å². The third-order valence-corrected chi connectivity index (χ3v) is 2.80. The Labute approximate surface area is 79.8 Å². The molecule has 0 N–H and O–H groups in total. The first kappa shape index (κ1) is 12.0. The molecule has 0 aliphatic heterocycles. The van der Waals surface area contributed by atoms with E-state index in [4.69, 9.17) is 0 Å². The number of hydrogen-bond donors (Lipinski definition) is 0. The van der Waals surface area contributed by atoms with Crippen molar-refractivity contribution >= 4 is 17.6 Å². The Bertz CT molecular complexity index is 136. The van der Waals surface area contributed by atoms with Crippen LogP contribution < -0.4 is 0 Å². The molecule has 0 atom stereocenters. The smallest absolute Gasteiger partial charge is 0.276 e. The molecule has 0 spiro atoms. The van der Waals surface area contributed by atoms with E-state index in [9.17, 15) is 4.79 Å². The highest BCUT2D eigenvalue weighted by Gasteiger charge is 2.19. The quantitative estimate of drug-likeness (QED) is 0.597. The minimum Gasteiger partial charge on any atom is -0.276 e. The van der Waals surface area contributed by atoms with Crippen molar-refractivity contribution in [2.75, 3.05) is 13.1 Å². The molecule has 0 aromatic rings. The van der Waals surface area contributed by atoms with Crippen molar-refractivity contribution in [3.05, 3.63) is 0 Å². The van der Waals surface area contributed by atoms with Crippen LogP contribution in [-0.2, 0) is 4.79 Å². The molecule has 0 bridgehead atoms. The van der Waals surface area contributed by atoms with E-state index in [1.54, 1.807) is 0 Å². The van der Waals surface area contributed by atoms with Crippen molar-refractivity contribution in [3.8, 4) is 0 Å². The molecule has 0 aromatic carbocycles. The van der Waals surface area contributed by atoms with Crippen LogP contribution >= 0.6 is 11.9 Å². The van der Waals surface area contributed by atoms with E-state index < -0.39 is 0 Å². The average Bonchev–Trinajstić information content (AvgIpc) is 2.03. The zero-order valence-electron chi connectivity index (χ0n) is 8.39. The minimum atomic E-state index is 0.292. The van der Waals surface area contributed by atoms with Crippen LogP contribution in [0.15, 0.2) is 0 Å². The lowest BCUT2D eigenvalue weighted by atomic mass is 9.90. The Hall–Kier alpha value is -0.0200. The normalized spacial score (nSPS) is 12.1. The van der Waals surface area contributed by atoms with E-state index in [0.717, 1.165) is 31.5 Å². The third-order valence-electron chi connectivity index (χ3n) is 2.08. The van der Waals surface area contributed by atoms with Crippen LogP contribution in [0.5, 0.6) is 0 Å². The lowest BCUT2D eigenvalue weighted by molar-refractivity contribution is 0.271. The molecule has 0 heterocycles. The van der Waals surface area contributed by atoms with Gasteiger partial charge in [-0.05, 0) is 11.8 Å². The molecule has 0 unspecified atom stereocenters. The summed E-state index contributed by atoms with van der Waals surface area (Å²) >= 11 is 1.15. The number of rotatable bonds is 6. The average molecular weight is 188 g/mol. The summed E-state index contributed by atoms with van der Waals surface area (Å²) in [5.41, 5.74) is 2.15. The Morgan fingerprint density at radius 3 is 2.33 bits per heavy atom. The maximum atomic E-state index is 10.1. The zero-order valence-corrected chi connectivity index (χ0v) is 9.20. The van der Waals surface area contributed by atoms with Gasteiger partial charge in [0.25, 0.3) is 5.62 Å². The first-order valence-electron chi connectivity index (χ1n) is 4.34. The van der Waals surface area contributed by atoms with Crippen molar-refractivity contribution in [1.82, 2.24) is 4.31 Å². The second kappa shape index (κ2) is 5.60. The van der Waals surface area contributed by atoms with Gasteiger partial charge in [-0.1, -0.05) is 27.7 Å². The number of hydrogen-bond acceptors (Lipinski definition) is 3. The lowest BCUT2D eigenvalue weighted by Gasteiger charge is -2.28. The molecule has 0 aromatic heterocycles. The van der Waals surface area contributed by atoms with Gasteiger partial charge in [-0.25, -0.2) is 4.31 Å². The summed E-state index contributed by atoms with van der Waals surface area (Å²) in [4.78, 5) is 10.1. The lowest BCUT2D eigenvalue weighted by Crippen LogP contribution is -2.29. The summed E-state index contributed by atoms with van der Waals surface area (Å²) in [5, 5.41) is 0. The molecule has 0 amide bonds. The fourth-order valence-corrected chi connectivity index (χ4v) is 1.50. The number of carbonyl (C=O) groups excluding carboxylic acids is 1. The predicted octanol–water partition coefficient (Wildman–Crippen LogP) is 2.46.